The van der Waals surface area contributed by atoms with Crippen LogP contribution < -0.4 is 15.0 Å². The van der Waals surface area contributed by atoms with Crippen LogP contribution in [0.1, 0.15) is 42.0 Å². The fourth-order valence-electron chi connectivity index (χ4n) is 4.24. The highest BCUT2D eigenvalue weighted by molar-refractivity contribution is 6.36. The summed E-state index contributed by atoms with van der Waals surface area (Å²) in [5, 5.41) is 17.2. The van der Waals surface area contributed by atoms with E-state index in [0.717, 1.165) is 5.56 Å². The number of nitrogens with zero attached hydrogens (tertiary/aromatic N) is 4. The molecule has 12 heteroatoms. The van der Waals surface area contributed by atoms with Gasteiger partial charge in [0.05, 0.1) is 18.2 Å². The molecule has 2 amide bonds. The van der Waals surface area contributed by atoms with Crippen molar-refractivity contribution in [2.75, 3.05) is 18.1 Å². The highest BCUT2D eigenvalue weighted by Gasteiger charge is 2.33. The van der Waals surface area contributed by atoms with E-state index in [2.05, 4.69) is 15.4 Å². The minimum absolute atomic E-state index is 0.0872. The summed E-state index contributed by atoms with van der Waals surface area (Å²) in [6.45, 7) is 4.09. The van der Waals surface area contributed by atoms with Crippen LogP contribution in [0.2, 0.25) is 10.0 Å². The number of benzene rings is 2. The standard InChI is InChI=1S/C26H27Cl2N5O5/c1-3-16(26(36)37)10-15-8-9-22-21(11-15)33(4-2)25(35)20(13-38-22)30-24(34)23-29-14-32(31-23)12-17-18(27)6-5-7-19(17)28/h5-9,11,14,16,20H,3-4,10,12-13H2,1-2H3,(H,30,34)(H,36,37)/t16-,20?/m0/s1. The van der Waals surface area contributed by atoms with Crippen LogP contribution in [0.5, 0.6) is 5.75 Å². The number of rotatable bonds is 9. The van der Waals surface area contributed by atoms with E-state index in [1.54, 1.807) is 36.4 Å². The molecule has 2 aromatic carbocycles. The predicted octanol–water partition coefficient (Wildman–Crippen LogP) is 3.83. The van der Waals surface area contributed by atoms with Crippen LogP contribution in [0.15, 0.2) is 42.7 Å². The van der Waals surface area contributed by atoms with Gasteiger partial charge < -0.3 is 20.1 Å². The molecule has 38 heavy (non-hydrogen) atoms. The first-order valence-corrected chi connectivity index (χ1v) is 12.9. The van der Waals surface area contributed by atoms with Gasteiger partial charge in [-0.15, -0.1) is 5.10 Å². The van der Waals surface area contributed by atoms with Gasteiger partial charge in [0.15, 0.2) is 0 Å². The van der Waals surface area contributed by atoms with Crippen molar-refractivity contribution < 1.29 is 24.2 Å². The fraction of sp³-hybridized carbons (Fsp3) is 0.346. The first-order valence-electron chi connectivity index (χ1n) is 12.1. The summed E-state index contributed by atoms with van der Waals surface area (Å²) >= 11 is 12.4. The van der Waals surface area contributed by atoms with Gasteiger partial charge in [0, 0.05) is 22.2 Å². The molecular weight excluding hydrogens is 533 g/mol. The third-order valence-electron chi connectivity index (χ3n) is 6.35. The third kappa shape index (κ3) is 5.92. The molecule has 1 aromatic heterocycles. The van der Waals surface area contributed by atoms with E-state index in [4.69, 9.17) is 27.9 Å². The molecule has 1 unspecified atom stereocenters. The van der Waals surface area contributed by atoms with E-state index in [0.29, 0.717) is 46.4 Å². The number of halogens is 2. The molecule has 2 N–H and O–H groups in total. The quantitative estimate of drug-likeness (QED) is 0.407. The molecule has 2 atom stereocenters. The average molecular weight is 560 g/mol. The lowest BCUT2D eigenvalue weighted by Crippen LogP contribution is -2.50. The Hall–Kier alpha value is -3.63. The Morgan fingerprint density at radius 3 is 2.61 bits per heavy atom. The number of anilines is 1. The number of carboxylic acids is 1. The van der Waals surface area contributed by atoms with Gasteiger partial charge in [0.25, 0.3) is 11.8 Å². The Morgan fingerprint density at radius 2 is 1.95 bits per heavy atom. The van der Waals surface area contributed by atoms with E-state index in [-0.39, 0.29) is 24.9 Å². The van der Waals surface area contributed by atoms with Crippen LogP contribution in [0, 0.1) is 5.92 Å². The Kier molecular flexibility index (Phi) is 8.53. The number of carbonyl (C=O) groups excluding carboxylic acids is 2. The van der Waals surface area contributed by atoms with Crippen molar-refractivity contribution >= 4 is 46.7 Å². The van der Waals surface area contributed by atoms with Gasteiger partial charge in [0.2, 0.25) is 5.82 Å². The summed E-state index contributed by atoms with van der Waals surface area (Å²) in [5.41, 5.74) is 1.96. The second-order valence-electron chi connectivity index (χ2n) is 8.84. The van der Waals surface area contributed by atoms with Crippen molar-refractivity contribution in [1.82, 2.24) is 20.1 Å². The summed E-state index contributed by atoms with van der Waals surface area (Å²) in [5.74, 6) is -2.03. The number of aliphatic carboxylic acids is 1. The van der Waals surface area contributed by atoms with Gasteiger partial charge in [0.1, 0.15) is 24.7 Å². The van der Waals surface area contributed by atoms with Gasteiger partial charge >= 0.3 is 5.97 Å². The van der Waals surface area contributed by atoms with E-state index < -0.39 is 23.8 Å². The van der Waals surface area contributed by atoms with Gasteiger partial charge in [-0.3, -0.25) is 14.4 Å². The van der Waals surface area contributed by atoms with Gasteiger partial charge in [-0.05, 0) is 49.6 Å². The first kappa shape index (κ1) is 27.4. The summed E-state index contributed by atoms with van der Waals surface area (Å²) in [6, 6.07) is 9.46. The molecule has 10 nitrogen and oxygen atoms in total. The summed E-state index contributed by atoms with van der Waals surface area (Å²) in [4.78, 5) is 43.4. The zero-order valence-corrected chi connectivity index (χ0v) is 22.4. The maximum Gasteiger partial charge on any atom is 0.306 e. The van der Waals surface area contributed by atoms with Crippen molar-refractivity contribution in [3.63, 3.8) is 0 Å². The van der Waals surface area contributed by atoms with Crippen molar-refractivity contribution in [2.45, 2.75) is 39.3 Å². The van der Waals surface area contributed by atoms with Gasteiger partial charge in [-0.1, -0.05) is 42.3 Å². The SMILES string of the molecule is CC[C@@H](Cc1ccc2c(c1)N(CC)C(=O)C(NC(=O)c1ncn(Cc3c(Cl)cccc3Cl)n1)CO2)C(=O)O. The lowest BCUT2D eigenvalue weighted by atomic mass is 9.96. The smallest absolute Gasteiger partial charge is 0.306 e. The number of fused-ring (bicyclic) bond motifs is 1. The highest BCUT2D eigenvalue weighted by Crippen LogP contribution is 2.33. The number of ether oxygens (including phenoxy) is 1. The second-order valence-corrected chi connectivity index (χ2v) is 9.65. The van der Waals surface area contributed by atoms with Crippen LogP contribution in [-0.4, -0.2) is 56.8 Å². The summed E-state index contributed by atoms with van der Waals surface area (Å²) in [6.07, 6.45) is 2.21. The fourth-order valence-corrected chi connectivity index (χ4v) is 4.75. The normalized spacial score (nSPS) is 15.8. The minimum Gasteiger partial charge on any atom is -0.489 e. The van der Waals surface area contributed by atoms with Crippen LogP contribution in [0.3, 0.4) is 0 Å². The third-order valence-corrected chi connectivity index (χ3v) is 7.06. The Morgan fingerprint density at radius 1 is 1.21 bits per heavy atom. The number of likely N-dealkylation sites (N-methyl/N-ethyl adjacent to an activating group) is 1. The van der Waals surface area contributed by atoms with Crippen LogP contribution in [-0.2, 0) is 22.6 Å². The van der Waals surface area contributed by atoms with E-state index in [1.807, 2.05) is 13.8 Å². The zero-order valence-electron chi connectivity index (χ0n) is 20.9. The summed E-state index contributed by atoms with van der Waals surface area (Å²) in [7, 11) is 0. The topological polar surface area (TPSA) is 127 Å². The van der Waals surface area contributed by atoms with Crippen molar-refractivity contribution in [3.05, 3.63) is 69.7 Å². The van der Waals surface area contributed by atoms with Crippen LogP contribution in [0.25, 0.3) is 0 Å². The largest absolute Gasteiger partial charge is 0.489 e. The highest BCUT2D eigenvalue weighted by atomic mass is 35.5. The monoisotopic (exact) mass is 559 g/mol. The maximum atomic E-state index is 13.4. The molecule has 0 aliphatic carbocycles. The van der Waals surface area contributed by atoms with Gasteiger partial charge in [-0.2, -0.15) is 0 Å². The number of carbonyl (C=O) groups is 3. The molecule has 2 heterocycles. The Balaban J connectivity index is 1.48. The minimum atomic E-state index is -0.981. The Bertz CT molecular complexity index is 1340. The number of nitrogens with one attached hydrogen (secondary N) is 1. The number of carboxylic acid groups (broad SMARTS) is 1. The molecule has 0 spiro atoms. The molecule has 0 fully saturated rings. The Labute approximate surface area is 229 Å². The number of aromatic nitrogens is 3. The zero-order chi connectivity index (χ0) is 27.4. The molecule has 1 aliphatic rings. The molecule has 4 rings (SSSR count). The van der Waals surface area contributed by atoms with Crippen molar-refractivity contribution in [3.8, 4) is 5.75 Å². The summed E-state index contributed by atoms with van der Waals surface area (Å²) < 4.78 is 7.31. The van der Waals surface area contributed by atoms with E-state index >= 15 is 0 Å². The lowest BCUT2D eigenvalue weighted by Gasteiger charge is -2.23. The molecule has 0 radical (unpaired) electrons. The molecule has 3 aromatic rings. The number of amides is 2. The maximum absolute atomic E-state index is 13.4. The molecular formula is C26H27Cl2N5O5. The lowest BCUT2D eigenvalue weighted by molar-refractivity contribution is -0.141. The number of hydrogen-bond acceptors (Lipinski definition) is 6. The van der Waals surface area contributed by atoms with E-state index in [1.165, 1.54) is 15.9 Å². The van der Waals surface area contributed by atoms with E-state index in [9.17, 15) is 19.5 Å². The number of hydrogen-bond donors (Lipinski definition) is 2. The molecule has 0 bridgehead atoms. The molecule has 0 saturated carbocycles. The van der Waals surface area contributed by atoms with Gasteiger partial charge in [-0.25, -0.2) is 9.67 Å². The van der Waals surface area contributed by atoms with Crippen LogP contribution in [0.4, 0.5) is 5.69 Å². The molecule has 200 valence electrons. The van der Waals surface area contributed by atoms with Crippen molar-refractivity contribution in [2.24, 2.45) is 5.92 Å². The first-order chi connectivity index (χ1) is 18.2. The molecule has 1 aliphatic heterocycles. The van der Waals surface area contributed by atoms with Crippen molar-refractivity contribution in [1.29, 1.82) is 0 Å². The van der Waals surface area contributed by atoms with Crippen LogP contribution >= 0.6 is 23.2 Å². The molecule has 0 saturated heterocycles. The average Bonchev–Trinajstić information content (AvgIpc) is 3.32. The predicted molar refractivity (Wildman–Crippen MR) is 142 cm³/mol. The second kappa shape index (κ2) is 11.8.